The highest BCUT2D eigenvalue weighted by Gasteiger charge is 2.13. The molecule has 0 saturated carbocycles. The number of carbonyl (C=O) groups excluding carboxylic acids is 1. The summed E-state index contributed by atoms with van der Waals surface area (Å²) in [6, 6.07) is 12.5. The zero-order valence-corrected chi connectivity index (χ0v) is 12.3. The second-order valence-electron chi connectivity index (χ2n) is 4.32. The van der Waals surface area contributed by atoms with Gasteiger partial charge in [-0.15, -0.1) is 0 Å². The average Bonchev–Trinajstić information content (AvgIpc) is 2.55. The highest BCUT2D eigenvalue weighted by molar-refractivity contribution is 6.08. The Morgan fingerprint density at radius 2 is 1.76 bits per heavy atom. The van der Waals surface area contributed by atoms with Crippen LogP contribution in [0.15, 0.2) is 42.5 Å². The predicted molar refractivity (Wildman–Crippen MR) is 83.5 cm³/mol. The maximum absolute atomic E-state index is 12.4. The monoisotopic (exact) mass is 286 g/mol. The number of ether oxygens (including phenoxy) is 2. The summed E-state index contributed by atoms with van der Waals surface area (Å²) in [5.74, 6) is 1.01. The molecule has 1 amide bonds. The lowest BCUT2D eigenvalue weighted by Gasteiger charge is -2.13. The number of methoxy groups -OCH3 is 2. The van der Waals surface area contributed by atoms with Crippen molar-refractivity contribution in [2.24, 2.45) is 0 Å². The van der Waals surface area contributed by atoms with Crippen LogP contribution in [-0.4, -0.2) is 27.2 Å². The van der Waals surface area contributed by atoms with Crippen molar-refractivity contribution in [2.75, 3.05) is 31.9 Å². The molecule has 0 aliphatic heterocycles. The van der Waals surface area contributed by atoms with Gasteiger partial charge in [0.25, 0.3) is 5.91 Å². The molecular formula is C16H18N2O3. The highest BCUT2D eigenvalue weighted by atomic mass is 16.5. The van der Waals surface area contributed by atoms with E-state index in [1.54, 1.807) is 45.5 Å². The summed E-state index contributed by atoms with van der Waals surface area (Å²) in [6.45, 7) is 0. The Labute approximate surface area is 123 Å². The summed E-state index contributed by atoms with van der Waals surface area (Å²) in [5, 5.41) is 5.84. The molecule has 5 nitrogen and oxygen atoms in total. The van der Waals surface area contributed by atoms with Gasteiger partial charge in [-0.05, 0) is 24.3 Å². The van der Waals surface area contributed by atoms with Crippen molar-refractivity contribution in [3.05, 3.63) is 48.0 Å². The summed E-state index contributed by atoms with van der Waals surface area (Å²) >= 11 is 0. The van der Waals surface area contributed by atoms with Crippen molar-refractivity contribution in [1.82, 2.24) is 0 Å². The molecule has 0 aliphatic carbocycles. The van der Waals surface area contributed by atoms with Gasteiger partial charge in [-0.25, -0.2) is 0 Å². The molecular weight excluding hydrogens is 268 g/mol. The number of carbonyl (C=O) groups is 1. The smallest absolute Gasteiger partial charge is 0.257 e. The molecule has 2 rings (SSSR count). The van der Waals surface area contributed by atoms with Gasteiger partial charge in [-0.2, -0.15) is 0 Å². The summed E-state index contributed by atoms with van der Waals surface area (Å²) in [5.41, 5.74) is 1.93. The van der Waals surface area contributed by atoms with Crippen molar-refractivity contribution in [2.45, 2.75) is 0 Å². The van der Waals surface area contributed by atoms with Crippen LogP contribution >= 0.6 is 0 Å². The molecule has 110 valence electrons. The lowest BCUT2D eigenvalue weighted by Crippen LogP contribution is -2.14. The van der Waals surface area contributed by atoms with Gasteiger partial charge in [-0.3, -0.25) is 4.79 Å². The van der Waals surface area contributed by atoms with Gasteiger partial charge in [-0.1, -0.05) is 12.1 Å². The Kier molecular flexibility index (Phi) is 4.66. The maximum atomic E-state index is 12.4. The van der Waals surface area contributed by atoms with Gasteiger partial charge in [0.1, 0.15) is 11.5 Å². The molecule has 0 aliphatic rings. The summed E-state index contributed by atoms with van der Waals surface area (Å²) in [7, 11) is 4.91. The standard InChI is InChI=1S/C16H18N2O3/c1-17-13-7-5-4-6-12(13)16(19)18-14-9-8-11(20-2)10-15(14)21-3/h4-10,17H,1-3H3,(H,18,19). The number of nitrogens with one attached hydrogen (secondary N) is 2. The lowest BCUT2D eigenvalue weighted by atomic mass is 10.1. The molecule has 0 atom stereocenters. The van der Waals surface area contributed by atoms with Crippen molar-refractivity contribution in [3.8, 4) is 11.5 Å². The van der Waals surface area contributed by atoms with Gasteiger partial charge in [0.15, 0.2) is 0 Å². The Morgan fingerprint density at radius 3 is 2.43 bits per heavy atom. The largest absolute Gasteiger partial charge is 0.497 e. The van der Waals surface area contributed by atoms with Crippen LogP contribution in [-0.2, 0) is 0 Å². The molecule has 0 heterocycles. The molecule has 0 unspecified atom stereocenters. The molecule has 0 aromatic heterocycles. The fourth-order valence-corrected chi connectivity index (χ4v) is 1.99. The van der Waals surface area contributed by atoms with Crippen LogP contribution in [0, 0.1) is 0 Å². The molecule has 5 heteroatoms. The number of hydrogen-bond acceptors (Lipinski definition) is 4. The Balaban J connectivity index is 2.27. The first-order chi connectivity index (χ1) is 10.2. The SMILES string of the molecule is CNc1ccccc1C(=O)Nc1ccc(OC)cc1OC. The van der Waals surface area contributed by atoms with E-state index < -0.39 is 0 Å². The van der Waals surface area contributed by atoms with E-state index in [4.69, 9.17) is 9.47 Å². The van der Waals surface area contributed by atoms with Gasteiger partial charge in [0, 0.05) is 18.8 Å². The molecule has 0 bridgehead atoms. The lowest BCUT2D eigenvalue weighted by molar-refractivity contribution is 0.102. The first-order valence-electron chi connectivity index (χ1n) is 6.49. The highest BCUT2D eigenvalue weighted by Crippen LogP contribution is 2.29. The number of anilines is 2. The third kappa shape index (κ3) is 3.25. The van der Waals surface area contributed by atoms with Gasteiger partial charge in [0.05, 0.1) is 25.5 Å². The molecule has 2 aromatic rings. The average molecular weight is 286 g/mol. The van der Waals surface area contributed by atoms with E-state index in [0.717, 1.165) is 5.69 Å². The molecule has 2 N–H and O–H groups in total. The van der Waals surface area contributed by atoms with Crippen molar-refractivity contribution in [1.29, 1.82) is 0 Å². The zero-order valence-electron chi connectivity index (χ0n) is 12.3. The molecule has 21 heavy (non-hydrogen) atoms. The number of rotatable bonds is 5. The Bertz CT molecular complexity index is 641. The van der Waals surface area contributed by atoms with E-state index in [2.05, 4.69) is 10.6 Å². The third-order valence-corrected chi connectivity index (χ3v) is 3.10. The normalized spacial score (nSPS) is 9.86. The number of amides is 1. The minimum Gasteiger partial charge on any atom is -0.497 e. The Morgan fingerprint density at radius 1 is 1.00 bits per heavy atom. The van der Waals surface area contributed by atoms with E-state index in [1.807, 2.05) is 18.2 Å². The zero-order chi connectivity index (χ0) is 15.2. The van der Waals surface area contributed by atoms with Gasteiger partial charge >= 0.3 is 0 Å². The second-order valence-corrected chi connectivity index (χ2v) is 4.32. The Hall–Kier alpha value is -2.69. The van der Waals surface area contributed by atoms with Crippen molar-refractivity contribution in [3.63, 3.8) is 0 Å². The molecule has 0 saturated heterocycles. The van der Waals surface area contributed by atoms with Crippen LogP contribution in [0.5, 0.6) is 11.5 Å². The number of benzene rings is 2. The maximum Gasteiger partial charge on any atom is 0.257 e. The van der Waals surface area contributed by atoms with Crippen LogP contribution in [0.2, 0.25) is 0 Å². The van der Waals surface area contributed by atoms with E-state index >= 15 is 0 Å². The topological polar surface area (TPSA) is 59.6 Å². The van der Waals surface area contributed by atoms with E-state index in [9.17, 15) is 4.79 Å². The summed E-state index contributed by atoms with van der Waals surface area (Å²) < 4.78 is 10.4. The van der Waals surface area contributed by atoms with Crippen LogP contribution in [0.4, 0.5) is 11.4 Å². The molecule has 0 spiro atoms. The second kappa shape index (κ2) is 6.65. The molecule has 0 fully saturated rings. The molecule has 2 aromatic carbocycles. The van der Waals surface area contributed by atoms with Crippen LogP contribution in [0.3, 0.4) is 0 Å². The van der Waals surface area contributed by atoms with Crippen molar-refractivity contribution >= 4 is 17.3 Å². The van der Waals surface area contributed by atoms with Gasteiger partial charge in [0.2, 0.25) is 0 Å². The van der Waals surface area contributed by atoms with E-state index in [-0.39, 0.29) is 5.91 Å². The van der Waals surface area contributed by atoms with E-state index in [0.29, 0.717) is 22.7 Å². The van der Waals surface area contributed by atoms with Crippen LogP contribution in [0.1, 0.15) is 10.4 Å². The minimum atomic E-state index is -0.205. The first-order valence-corrected chi connectivity index (χ1v) is 6.49. The van der Waals surface area contributed by atoms with Crippen LogP contribution in [0.25, 0.3) is 0 Å². The number of hydrogen-bond donors (Lipinski definition) is 2. The quantitative estimate of drug-likeness (QED) is 0.887. The van der Waals surface area contributed by atoms with Gasteiger partial charge < -0.3 is 20.1 Å². The fraction of sp³-hybridized carbons (Fsp3) is 0.188. The van der Waals surface area contributed by atoms with Crippen LogP contribution < -0.4 is 20.1 Å². The predicted octanol–water partition coefficient (Wildman–Crippen LogP) is 3.00. The fourth-order valence-electron chi connectivity index (χ4n) is 1.99. The summed E-state index contributed by atoms with van der Waals surface area (Å²) in [6.07, 6.45) is 0. The summed E-state index contributed by atoms with van der Waals surface area (Å²) in [4.78, 5) is 12.4. The van der Waals surface area contributed by atoms with E-state index in [1.165, 1.54) is 0 Å². The van der Waals surface area contributed by atoms with Crippen molar-refractivity contribution < 1.29 is 14.3 Å². The molecule has 0 radical (unpaired) electrons. The minimum absolute atomic E-state index is 0.205. The number of para-hydroxylation sites is 1. The first kappa shape index (κ1) is 14.7. The third-order valence-electron chi connectivity index (χ3n) is 3.10.